The summed E-state index contributed by atoms with van der Waals surface area (Å²) >= 11 is 5.99. The van der Waals surface area contributed by atoms with Gasteiger partial charge in [-0.15, -0.1) is 0 Å². The van der Waals surface area contributed by atoms with Crippen LogP contribution in [0.25, 0.3) is 0 Å². The van der Waals surface area contributed by atoms with Crippen LogP contribution in [-0.4, -0.2) is 39.5 Å². The molecule has 1 saturated carbocycles. The van der Waals surface area contributed by atoms with Crippen LogP contribution in [0, 0.1) is 24.5 Å². The summed E-state index contributed by atoms with van der Waals surface area (Å²) in [6.07, 6.45) is 5.82. The Kier molecular flexibility index (Phi) is 6.68. The van der Waals surface area contributed by atoms with Crippen LogP contribution in [0.5, 0.6) is 0 Å². The van der Waals surface area contributed by atoms with E-state index in [0.717, 1.165) is 18.9 Å². The van der Waals surface area contributed by atoms with E-state index in [1.165, 1.54) is 35.5 Å². The highest BCUT2D eigenvalue weighted by molar-refractivity contribution is 6.30. The van der Waals surface area contributed by atoms with E-state index >= 15 is 0 Å². The average Bonchev–Trinajstić information content (AvgIpc) is 3.10. The topological polar surface area (TPSA) is 95.4 Å². The minimum atomic E-state index is -2.37. The van der Waals surface area contributed by atoms with Gasteiger partial charge in [-0.25, -0.2) is 13.8 Å². The number of hydrogen-bond acceptors (Lipinski definition) is 5. The highest BCUT2D eigenvalue weighted by atomic mass is 35.5. The van der Waals surface area contributed by atoms with Crippen molar-refractivity contribution in [1.82, 2.24) is 15.3 Å². The first-order chi connectivity index (χ1) is 17.7. The lowest BCUT2D eigenvalue weighted by Crippen LogP contribution is -2.45. The molecule has 7 nitrogen and oxygen atoms in total. The van der Waals surface area contributed by atoms with E-state index < -0.39 is 28.7 Å². The molecule has 37 heavy (non-hydrogen) atoms. The van der Waals surface area contributed by atoms with Crippen molar-refractivity contribution in [1.29, 1.82) is 0 Å². The van der Waals surface area contributed by atoms with E-state index in [9.17, 15) is 23.5 Å². The summed E-state index contributed by atoms with van der Waals surface area (Å²) in [6, 6.07) is 8.00. The van der Waals surface area contributed by atoms with Crippen molar-refractivity contribution >= 4 is 29.2 Å². The SMILES string of the molecule is Cc1ncc(Cl)cc1C(=O)NC1CCC(CN2C(=O)C(O)(c3cccc(F)c3F)c3cccnc32)CC1. The zero-order chi connectivity index (χ0) is 26.3. The fourth-order valence-corrected chi connectivity index (χ4v) is 5.42. The van der Waals surface area contributed by atoms with Gasteiger partial charge < -0.3 is 10.4 Å². The van der Waals surface area contributed by atoms with Crippen molar-refractivity contribution in [2.24, 2.45) is 5.92 Å². The molecule has 3 aromatic rings. The second-order valence-electron chi connectivity index (χ2n) is 9.58. The standard InChI is InChI=1S/C27H25ClF2N4O3/c1-15-19(12-17(28)13-32-15)25(35)33-18-9-7-16(8-10-18)14-34-24-21(5-3-11-31-24)27(37,26(34)36)20-4-2-6-22(29)23(20)30/h2-6,11-13,16,18,37H,7-10,14H2,1H3,(H,33,35). The first-order valence-corrected chi connectivity index (χ1v) is 12.4. The molecule has 2 amide bonds. The van der Waals surface area contributed by atoms with Gasteiger partial charge in [-0.05, 0) is 62.8 Å². The van der Waals surface area contributed by atoms with Gasteiger partial charge >= 0.3 is 0 Å². The van der Waals surface area contributed by atoms with Crippen molar-refractivity contribution in [3.63, 3.8) is 0 Å². The van der Waals surface area contributed by atoms with Crippen molar-refractivity contribution in [3.05, 3.63) is 87.8 Å². The number of rotatable bonds is 5. The first kappa shape index (κ1) is 25.2. The number of nitrogens with one attached hydrogen (secondary N) is 1. The van der Waals surface area contributed by atoms with Gasteiger partial charge in [0.25, 0.3) is 11.8 Å². The average molecular weight is 527 g/mol. The van der Waals surface area contributed by atoms with Gasteiger partial charge in [0.1, 0.15) is 5.82 Å². The zero-order valence-electron chi connectivity index (χ0n) is 20.0. The maximum Gasteiger partial charge on any atom is 0.269 e. The van der Waals surface area contributed by atoms with E-state index in [4.69, 9.17) is 11.6 Å². The Morgan fingerprint density at radius 2 is 1.89 bits per heavy atom. The van der Waals surface area contributed by atoms with E-state index in [0.29, 0.717) is 29.1 Å². The molecule has 0 bridgehead atoms. The van der Waals surface area contributed by atoms with Crippen molar-refractivity contribution in [3.8, 4) is 0 Å². The predicted octanol–water partition coefficient (Wildman–Crippen LogP) is 4.29. The Balaban J connectivity index is 1.29. The summed E-state index contributed by atoms with van der Waals surface area (Å²) in [4.78, 5) is 36.0. The molecule has 2 N–H and O–H groups in total. The number of halogens is 3. The smallest absolute Gasteiger partial charge is 0.269 e. The van der Waals surface area contributed by atoms with Crippen LogP contribution in [0.2, 0.25) is 5.02 Å². The largest absolute Gasteiger partial charge is 0.372 e. The summed E-state index contributed by atoms with van der Waals surface area (Å²) in [7, 11) is 0. The molecule has 1 atom stereocenters. The molecule has 1 unspecified atom stereocenters. The molecule has 2 aliphatic rings. The Bertz CT molecular complexity index is 1380. The number of aliphatic hydroxyl groups is 1. The second kappa shape index (κ2) is 9.79. The predicted molar refractivity (Wildman–Crippen MR) is 133 cm³/mol. The molecule has 1 aliphatic carbocycles. The van der Waals surface area contributed by atoms with Crippen LogP contribution in [0.15, 0.2) is 48.8 Å². The van der Waals surface area contributed by atoms with Crippen molar-refractivity contribution in [2.75, 3.05) is 11.4 Å². The number of carbonyl (C=O) groups excluding carboxylic acids is 2. The van der Waals surface area contributed by atoms with Crippen LogP contribution < -0.4 is 10.2 Å². The highest BCUT2D eigenvalue weighted by Gasteiger charge is 2.53. The summed E-state index contributed by atoms with van der Waals surface area (Å²) in [6.45, 7) is 2.01. The van der Waals surface area contributed by atoms with Gasteiger partial charge in [0.05, 0.1) is 16.3 Å². The molecule has 10 heteroatoms. The van der Waals surface area contributed by atoms with Gasteiger partial charge in [0.15, 0.2) is 11.6 Å². The molecule has 0 saturated heterocycles. The monoisotopic (exact) mass is 526 g/mol. The zero-order valence-corrected chi connectivity index (χ0v) is 20.8. The molecular formula is C27H25ClF2N4O3. The van der Waals surface area contributed by atoms with E-state index in [-0.39, 0.29) is 35.8 Å². The highest BCUT2D eigenvalue weighted by Crippen LogP contribution is 2.45. The fourth-order valence-electron chi connectivity index (χ4n) is 5.26. The van der Waals surface area contributed by atoms with E-state index in [2.05, 4.69) is 15.3 Å². The summed E-state index contributed by atoms with van der Waals surface area (Å²) in [5, 5.41) is 14.9. The number of aromatic nitrogens is 2. The third-order valence-electron chi connectivity index (χ3n) is 7.25. The van der Waals surface area contributed by atoms with Gasteiger partial charge in [-0.1, -0.05) is 23.7 Å². The molecule has 2 aromatic heterocycles. The molecule has 1 aromatic carbocycles. The number of anilines is 1. The fraction of sp³-hybridized carbons (Fsp3) is 0.333. The Labute approximate surface area is 217 Å². The summed E-state index contributed by atoms with van der Waals surface area (Å²) in [5.74, 6) is -3.10. The summed E-state index contributed by atoms with van der Waals surface area (Å²) in [5.41, 5.74) is -1.66. The van der Waals surface area contributed by atoms with Crippen molar-refractivity contribution < 1.29 is 23.5 Å². The maximum atomic E-state index is 14.7. The number of pyridine rings is 2. The molecular weight excluding hydrogens is 502 g/mol. The van der Waals surface area contributed by atoms with Crippen LogP contribution in [0.1, 0.15) is 52.9 Å². The number of fused-ring (bicyclic) bond motifs is 1. The Morgan fingerprint density at radius 3 is 2.65 bits per heavy atom. The minimum Gasteiger partial charge on any atom is -0.372 e. The molecule has 0 radical (unpaired) electrons. The molecule has 192 valence electrons. The van der Waals surface area contributed by atoms with Crippen LogP contribution in [0.4, 0.5) is 14.6 Å². The second-order valence-corrected chi connectivity index (χ2v) is 10.0. The Morgan fingerprint density at radius 1 is 1.16 bits per heavy atom. The quantitative estimate of drug-likeness (QED) is 0.517. The molecule has 3 heterocycles. The first-order valence-electron chi connectivity index (χ1n) is 12.1. The molecule has 1 aliphatic heterocycles. The van der Waals surface area contributed by atoms with E-state index in [1.807, 2.05) is 0 Å². The lowest BCUT2D eigenvalue weighted by atomic mass is 9.85. The third-order valence-corrected chi connectivity index (χ3v) is 7.46. The molecule has 0 spiro atoms. The number of benzene rings is 1. The number of carbonyl (C=O) groups is 2. The Hall–Kier alpha value is -3.43. The van der Waals surface area contributed by atoms with Gasteiger partial charge in [-0.3, -0.25) is 19.5 Å². The van der Waals surface area contributed by atoms with Gasteiger partial charge in [0.2, 0.25) is 5.60 Å². The van der Waals surface area contributed by atoms with Crippen LogP contribution >= 0.6 is 11.6 Å². The number of aryl methyl sites for hydroxylation is 1. The minimum absolute atomic E-state index is 0.0415. The van der Waals surface area contributed by atoms with Gasteiger partial charge in [0, 0.05) is 36.1 Å². The molecule has 1 fully saturated rings. The number of hydrogen-bond donors (Lipinski definition) is 2. The van der Waals surface area contributed by atoms with Crippen molar-refractivity contribution in [2.45, 2.75) is 44.2 Å². The van der Waals surface area contributed by atoms with Crippen LogP contribution in [-0.2, 0) is 10.4 Å². The lowest BCUT2D eigenvalue weighted by molar-refractivity contribution is -0.132. The number of amides is 2. The van der Waals surface area contributed by atoms with Crippen LogP contribution in [0.3, 0.4) is 0 Å². The normalized spacial score (nSPS) is 23.2. The number of nitrogens with zero attached hydrogens (tertiary/aromatic N) is 3. The maximum absolute atomic E-state index is 14.7. The van der Waals surface area contributed by atoms with Gasteiger partial charge in [-0.2, -0.15) is 0 Å². The molecule has 5 rings (SSSR count). The summed E-state index contributed by atoms with van der Waals surface area (Å²) < 4.78 is 28.7. The van der Waals surface area contributed by atoms with E-state index in [1.54, 1.807) is 19.1 Å². The lowest BCUT2D eigenvalue weighted by Gasteiger charge is -2.32. The third kappa shape index (κ3) is 4.46.